The third-order valence-electron chi connectivity index (χ3n) is 1.85. The minimum absolute atomic E-state index is 0.139. The third kappa shape index (κ3) is 3.15. The molecule has 15 heavy (non-hydrogen) atoms. The summed E-state index contributed by atoms with van der Waals surface area (Å²) in [6.07, 6.45) is -0.523. The number of alkyl halides is 1. The lowest BCUT2D eigenvalue weighted by Gasteiger charge is -2.15. The van der Waals surface area contributed by atoms with Gasteiger partial charge >= 0.3 is 0 Å². The summed E-state index contributed by atoms with van der Waals surface area (Å²) in [5.74, 6) is -0.552. The molecule has 1 N–H and O–H groups in total. The molecule has 0 aliphatic heterocycles. The van der Waals surface area contributed by atoms with Gasteiger partial charge in [0.25, 0.3) is 0 Å². The molecule has 84 valence electrons. The highest BCUT2D eigenvalue weighted by Gasteiger charge is 2.27. The van der Waals surface area contributed by atoms with Crippen molar-refractivity contribution in [3.05, 3.63) is 35.6 Å². The topological polar surface area (TPSA) is 54.4 Å². The van der Waals surface area contributed by atoms with E-state index in [0.29, 0.717) is 0 Å². The van der Waals surface area contributed by atoms with Crippen molar-refractivity contribution < 1.29 is 17.9 Å². The normalized spacial score (nSPS) is 16.0. The van der Waals surface area contributed by atoms with Gasteiger partial charge < -0.3 is 5.11 Å². The van der Waals surface area contributed by atoms with Crippen LogP contribution >= 0.6 is 11.6 Å². The molecule has 0 amide bonds. The molecule has 0 saturated heterocycles. The zero-order valence-corrected chi connectivity index (χ0v) is 9.46. The molecular weight excluding hydrogens is 243 g/mol. The van der Waals surface area contributed by atoms with E-state index in [1.165, 1.54) is 18.2 Å². The van der Waals surface area contributed by atoms with Gasteiger partial charge in [0.1, 0.15) is 11.9 Å². The van der Waals surface area contributed by atoms with Gasteiger partial charge in [0, 0.05) is 6.26 Å². The van der Waals surface area contributed by atoms with Gasteiger partial charge in [0.15, 0.2) is 14.5 Å². The highest BCUT2D eigenvalue weighted by atomic mass is 35.5. The fourth-order valence-corrected chi connectivity index (χ4v) is 1.85. The van der Waals surface area contributed by atoms with Gasteiger partial charge in [-0.3, -0.25) is 0 Å². The summed E-state index contributed by atoms with van der Waals surface area (Å²) in [6, 6.07) is 5.03. The van der Waals surface area contributed by atoms with E-state index in [0.717, 1.165) is 12.3 Å². The second-order valence-electron chi connectivity index (χ2n) is 3.18. The van der Waals surface area contributed by atoms with Crippen molar-refractivity contribution in [2.45, 2.75) is 10.8 Å². The predicted molar refractivity (Wildman–Crippen MR) is 55.8 cm³/mol. The summed E-state index contributed by atoms with van der Waals surface area (Å²) in [6.45, 7) is 0. The van der Waals surface area contributed by atoms with E-state index < -0.39 is 26.5 Å². The van der Waals surface area contributed by atoms with E-state index in [2.05, 4.69) is 0 Å². The standard InChI is InChI=1S/C9H10ClFO3S/c1-15(13,14)9(10)8(12)6-3-2-4-7(11)5-6/h2-5,8-9,12H,1H3/t8-,9+/m0/s1. The molecule has 0 heterocycles. The quantitative estimate of drug-likeness (QED) is 0.829. The molecule has 1 rings (SSSR count). The maximum atomic E-state index is 12.8. The molecule has 0 bridgehead atoms. The molecule has 6 heteroatoms. The molecule has 0 saturated carbocycles. The first-order valence-corrected chi connectivity index (χ1v) is 6.48. The molecule has 1 aromatic rings. The lowest BCUT2D eigenvalue weighted by Crippen LogP contribution is -2.21. The van der Waals surface area contributed by atoms with Crippen molar-refractivity contribution in [1.82, 2.24) is 0 Å². The molecule has 0 spiro atoms. The van der Waals surface area contributed by atoms with Crippen LogP contribution in [0.15, 0.2) is 24.3 Å². The van der Waals surface area contributed by atoms with Gasteiger partial charge in [0.05, 0.1) is 0 Å². The van der Waals surface area contributed by atoms with Crippen LogP contribution in [0.1, 0.15) is 11.7 Å². The maximum Gasteiger partial charge on any atom is 0.167 e. The Morgan fingerprint density at radius 3 is 2.53 bits per heavy atom. The molecule has 0 aromatic heterocycles. The van der Waals surface area contributed by atoms with Gasteiger partial charge in [-0.15, -0.1) is 11.6 Å². The van der Waals surface area contributed by atoms with Crippen LogP contribution in [0.25, 0.3) is 0 Å². The molecule has 1 aromatic carbocycles. The van der Waals surface area contributed by atoms with Crippen molar-refractivity contribution in [2.75, 3.05) is 6.26 Å². The molecule has 3 nitrogen and oxygen atoms in total. The predicted octanol–water partition coefficient (Wildman–Crippen LogP) is 1.47. The first-order valence-electron chi connectivity index (χ1n) is 4.09. The number of halogens is 2. The van der Waals surface area contributed by atoms with E-state index in [1.54, 1.807) is 0 Å². The highest BCUT2D eigenvalue weighted by molar-refractivity contribution is 7.92. The van der Waals surface area contributed by atoms with Crippen LogP contribution < -0.4 is 0 Å². The number of sulfone groups is 1. The van der Waals surface area contributed by atoms with E-state index in [9.17, 15) is 17.9 Å². The van der Waals surface area contributed by atoms with Crippen LogP contribution in [0, 0.1) is 5.82 Å². The number of aliphatic hydroxyl groups excluding tert-OH is 1. The summed E-state index contributed by atoms with van der Waals surface area (Å²) in [4.78, 5) is 0. The van der Waals surface area contributed by atoms with Gasteiger partial charge in [-0.1, -0.05) is 12.1 Å². The number of hydrogen-bond acceptors (Lipinski definition) is 3. The third-order valence-corrected chi connectivity index (χ3v) is 4.13. The number of rotatable bonds is 3. The average Bonchev–Trinajstić information content (AvgIpc) is 2.14. The molecule has 0 aliphatic carbocycles. The van der Waals surface area contributed by atoms with E-state index in [4.69, 9.17) is 11.6 Å². The van der Waals surface area contributed by atoms with Crippen molar-refractivity contribution in [1.29, 1.82) is 0 Å². The lowest BCUT2D eigenvalue weighted by molar-refractivity contribution is 0.191. The Hall–Kier alpha value is -0.650. The summed E-state index contributed by atoms with van der Waals surface area (Å²) >= 11 is 5.53. The molecular formula is C9H10ClFO3S. The number of benzene rings is 1. The van der Waals surface area contributed by atoms with Crippen LogP contribution in [0.5, 0.6) is 0 Å². The summed E-state index contributed by atoms with van der Waals surface area (Å²) in [5, 5.41) is 9.57. The Morgan fingerprint density at radius 1 is 1.47 bits per heavy atom. The fraction of sp³-hybridized carbons (Fsp3) is 0.333. The number of hydrogen-bond donors (Lipinski definition) is 1. The molecule has 0 fully saturated rings. The van der Waals surface area contributed by atoms with Crippen LogP contribution in [0.4, 0.5) is 4.39 Å². The monoisotopic (exact) mass is 252 g/mol. The average molecular weight is 253 g/mol. The minimum Gasteiger partial charge on any atom is -0.386 e. The summed E-state index contributed by atoms with van der Waals surface area (Å²) < 4.78 is 33.4. The summed E-state index contributed by atoms with van der Waals surface area (Å²) in [5.41, 5.74) is 0.139. The highest BCUT2D eigenvalue weighted by Crippen LogP contribution is 2.24. The molecule has 0 aliphatic rings. The first-order chi connectivity index (χ1) is 6.82. The lowest BCUT2D eigenvalue weighted by atomic mass is 10.1. The number of aliphatic hydroxyl groups is 1. The van der Waals surface area contributed by atoms with E-state index in [-0.39, 0.29) is 5.56 Å². The Morgan fingerprint density at radius 2 is 2.07 bits per heavy atom. The molecule has 0 radical (unpaired) electrons. The van der Waals surface area contributed by atoms with Crippen molar-refractivity contribution in [3.8, 4) is 0 Å². The maximum absolute atomic E-state index is 12.8. The van der Waals surface area contributed by atoms with E-state index >= 15 is 0 Å². The van der Waals surface area contributed by atoms with Crippen molar-refractivity contribution >= 4 is 21.4 Å². The fourth-order valence-electron chi connectivity index (χ4n) is 1.08. The zero-order chi connectivity index (χ0) is 11.6. The Kier molecular flexibility index (Phi) is 3.70. The van der Waals surface area contributed by atoms with Gasteiger partial charge in [-0.05, 0) is 17.7 Å². The van der Waals surface area contributed by atoms with Gasteiger partial charge in [0.2, 0.25) is 0 Å². The van der Waals surface area contributed by atoms with Gasteiger partial charge in [-0.2, -0.15) is 0 Å². The molecule has 0 unspecified atom stereocenters. The summed E-state index contributed by atoms with van der Waals surface area (Å²) in [7, 11) is -3.57. The van der Waals surface area contributed by atoms with Crippen LogP contribution in [0.3, 0.4) is 0 Å². The second kappa shape index (κ2) is 4.47. The van der Waals surface area contributed by atoms with Crippen molar-refractivity contribution in [3.63, 3.8) is 0 Å². The van der Waals surface area contributed by atoms with E-state index in [1.807, 2.05) is 0 Å². The van der Waals surface area contributed by atoms with Crippen LogP contribution in [0.2, 0.25) is 0 Å². The minimum atomic E-state index is -3.57. The second-order valence-corrected chi connectivity index (χ2v) is 6.08. The molecule has 2 atom stereocenters. The Balaban J connectivity index is 3.00. The van der Waals surface area contributed by atoms with Crippen molar-refractivity contribution in [2.24, 2.45) is 0 Å². The Labute approximate surface area is 92.4 Å². The largest absolute Gasteiger partial charge is 0.386 e. The SMILES string of the molecule is CS(=O)(=O)[C@@H](Cl)[C@@H](O)c1cccc(F)c1. The van der Waals surface area contributed by atoms with Crippen LogP contribution in [-0.2, 0) is 9.84 Å². The van der Waals surface area contributed by atoms with Crippen LogP contribution in [-0.4, -0.2) is 24.5 Å². The Bertz CT molecular complexity index is 446. The smallest absolute Gasteiger partial charge is 0.167 e. The first kappa shape index (κ1) is 12.4. The zero-order valence-electron chi connectivity index (χ0n) is 7.89. The van der Waals surface area contributed by atoms with Gasteiger partial charge in [-0.25, -0.2) is 12.8 Å².